The van der Waals surface area contributed by atoms with Crippen LogP contribution in [-0.2, 0) is 0 Å². The Morgan fingerprint density at radius 2 is 2.29 bits per heavy atom. The molecule has 0 spiro atoms. The van der Waals surface area contributed by atoms with Gasteiger partial charge in [0.1, 0.15) is 6.20 Å². The van der Waals surface area contributed by atoms with Gasteiger partial charge in [-0.15, -0.1) is 0 Å². The van der Waals surface area contributed by atoms with Gasteiger partial charge in [-0.1, -0.05) is 32.1 Å². The summed E-state index contributed by atoms with van der Waals surface area (Å²) in [6.07, 6.45) is 4.90. The second kappa shape index (κ2) is 4.98. The summed E-state index contributed by atoms with van der Waals surface area (Å²) in [5.74, 6) is 0.644. The molecule has 2 aromatic heterocycles. The van der Waals surface area contributed by atoms with Crippen molar-refractivity contribution < 1.29 is 4.92 Å². The van der Waals surface area contributed by atoms with E-state index in [4.69, 9.17) is 0 Å². The first-order chi connectivity index (χ1) is 9.87. The van der Waals surface area contributed by atoms with Gasteiger partial charge in [0.05, 0.1) is 0 Å². The van der Waals surface area contributed by atoms with Crippen molar-refractivity contribution in [1.82, 2.24) is 9.38 Å². The van der Waals surface area contributed by atoms with Crippen molar-refractivity contribution in [3.05, 3.63) is 21.7 Å². The highest BCUT2D eigenvalue weighted by Gasteiger charge is 2.36. The third-order valence-corrected chi connectivity index (χ3v) is 4.65. The van der Waals surface area contributed by atoms with Crippen molar-refractivity contribution in [1.29, 1.82) is 0 Å². The minimum Gasteiger partial charge on any atom is -0.358 e. The molecule has 1 aliphatic heterocycles. The van der Waals surface area contributed by atoms with E-state index in [1.165, 1.54) is 11.3 Å². The van der Waals surface area contributed by atoms with E-state index in [2.05, 4.69) is 30.7 Å². The molecule has 114 valence electrons. The lowest BCUT2D eigenvalue weighted by molar-refractivity contribution is -0.389. The molecular weight excluding hydrogens is 288 g/mol. The quantitative estimate of drug-likeness (QED) is 0.640. The van der Waals surface area contributed by atoms with Crippen LogP contribution in [0.3, 0.4) is 0 Å². The molecule has 0 amide bonds. The SMILES string of the molecule is CC(C)(C)C[C@H]1CCCN1c1nc2sccn2c1[N+](=O)[O-]. The molecule has 3 heterocycles. The van der Waals surface area contributed by atoms with E-state index in [0.29, 0.717) is 16.8 Å². The van der Waals surface area contributed by atoms with Crippen LogP contribution in [0.5, 0.6) is 0 Å². The second-order valence-corrected chi connectivity index (χ2v) is 7.70. The molecule has 0 saturated carbocycles. The fourth-order valence-corrected chi connectivity index (χ4v) is 3.86. The van der Waals surface area contributed by atoms with E-state index in [0.717, 1.165) is 25.8 Å². The average molecular weight is 308 g/mol. The maximum Gasteiger partial charge on any atom is 0.373 e. The molecule has 1 fully saturated rings. The van der Waals surface area contributed by atoms with E-state index in [1.807, 2.05) is 5.38 Å². The molecule has 0 unspecified atom stereocenters. The summed E-state index contributed by atoms with van der Waals surface area (Å²) in [5.41, 5.74) is 0.207. The van der Waals surface area contributed by atoms with Crippen molar-refractivity contribution in [2.45, 2.75) is 46.1 Å². The monoisotopic (exact) mass is 308 g/mol. The number of hydrogen-bond acceptors (Lipinski definition) is 5. The number of aromatic nitrogens is 2. The lowest BCUT2D eigenvalue weighted by atomic mass is 9.87. The highest BCUT2D eigenvalue weighted by Crippen LogP contribution is 2.38. The number of hydrogen-bond donors (Lipinski definition) is 0. The number of nitrogens with zero attached hydrogens (tertiary/aromatic N) is 4. The number of nitro groups is 1. The Balaban J connectivity index is 2.00. The Hall–Kier alpha value is -1.63. The molecule has 7 heteroatoms. The van der Waals surface area contributed by atoms with Gasteiger partial charge in [0.15, 0.2) is 0 Å². The Bertz CT molecular complexity index is 670. The second-order valence-electron chi connectivity index (χ2n) is 6.83. The normalized spacial score (nSPS) is 19.6. The predicted molar refractivity (Wildman–Crippen MR) is 84.2 cm³/mol. The molecule has 2 aromatic rings. The molecule has 1 aliphatic rings. The first kappa shape index (κ1) is 14.3. The van der Waals surface area contributed by atoms with Crippen LogP contribution in [0.25, 0.3) is 4.96 Å². The van der Waals surface area contributed by atoms with Crippen LogP contribution in [0.4, 0.5) is 11.6 Å². The van der Waals surface area contributed by atoms with E-state index >= 15 is 0 Å². The van der Waals surface area contributed by atoms with Crippen LogP contribution in [-0.4, -0.2) is 26.9 Å². The van der Waals surface area contributed by atoms with Crippen LogP contribution in [0.15, 0.2) is 11.6 Å². The summed E-state index contributed by atoms with van der Waals surface area (Å²) in [7, 11) is 0. The van der Waals surface area contributed by atoms with Crippen LogP contribution < -0.4 is 4.90 Å². The highest BCUT2D eigenvalue weighted by atomic mass is 32.1. The Morgan fingerprint density at radius 1 is 1.52 bits per heavy atom. The van der Waals surface area contributed by atoms with Gasteiger partial charge in [-0.25, -0.2) is 0 Å². The molecule has 0 aromatic carbocycles. The Kier molecular flexibility index (Phi) is 3.39. The van der Waals surface area contributed by atoms with Crippen molar-refractivity contribution >= 4 is 27.9 Å². The number of anilines is 1. The van der Waals surface area contributed by atoms with Gasteiger partial charge in [-0.3, -0.25) is 0 Å². The zero-order valence-corrected chi connectivity index (χ0v) is 13.4. The summed E-state index contributed by atoms with van der Waals surface area (Å²) in [6, 6.07) is 0.341. The first-order valence-electron chi connectivity index (χ1n) is 7.23. The third kappa shape index (κ3) is 2.62. The Morgan fingerprint density at radius 3 is 2.95 bits per heavy atom. The van der Waals surface area contributed by atoms with Gasteiger partial charge in [0.25, 0.3) is 4.96 Å². The highest BCUT2D eigenvalue weighted by molar-refractivity contribution is 7.15. The molecular formula is C14H20N4O2S. The maximum atomic E-state index is 11.5. The van der Waals surface area contributed by atoms with Gasteiger partial charge in [-0.05, 0) is 29.6 Å². The molecule has 6 nitrogen and oxygen atoms in total. The number of rotatable bonds is 3. The summed E-state index contributed by atoms with van der Waals surface area (Å²) >= 11 is 1.43. The van der Waals surface area contributed by atoms with E-state index in [1.54, 1.807) is 10.6 Å². The van der Waals surface area contributed by atoms with E-state index < -0.39 is 0 Å². The van der Waals surface area contributed by atoms with Crippen LogP contribution in [0.2, 0.25) is 0 Å². The molecule has 21 heavy (non-hydrogen) atoms. The molecule has 0 N–H and O–H groups in total. The fraction of sp³-hybridized carbons (Fsp3) is 0.643. The standard InChI is InChI=1S/C14H20N4O2S/c1-14(2,3)9-10-5-4-6-16(10)11-12(18(19)20)17-7-8-21-13(17)15-11/h7-8,10H,4-6,9H2,1-3H3/t10-/m1/s1. The minimum atomic E-state index is -0.311. The zero-order valence-electron chi connectivity index (χ0n) is 12.6. The van der Waals surface area contributed by atoms with Crippen LogP contribution in [0, 0.1) is 15.5 Å². The summed E-state index contributed by atoms with van der Waals surface area (Å²) in [5, 5.41) is 13.3. The molecule has 0 aliphatic carbocycles. The van der Waals surface area contributed by atoms with Crippen molar-refractivity contribution in [2.75, 3.05) is 11.4 Å². The third-order valence-electron chi connectivity index (χ3n) is 3.89. The average Bonchev–Trinajstić information content (AvgIpc) is 2.98. The topological polar surface area (TPSA) is 63.7 Å². The molecule has 0 bridgehead atoms. The number of thiazole rings is 1. The minimum absolute atomic E-state index is 0.104. The predicted octanol–water partition coefficient (Wildman–Crippen LogP) is 3.71. The number of fused-ring (bicyclic) bond motifs is 1. The smallest absolute Gasteiger partial charge is 0.358 e. The molecule has 3 rings (SSSR count). The van der Waals surface area contributed by atoms with Crippen molar-refractivity contribution in [3.8, 4) is 0 Å². The lowest BCUT2D eigenvalue weighted by Gasteiger charge is -2.30. The van der Waals surface area contributed by atoms with Gasteiger partial charge in [0, 0.05) is 18.0 Å². The summed E-state index contributed by atoms with van der Waals surface area (Å²) in [4.78, 5) is 18.5. The maximum absolute atomic E-state index is 11.5. The van der Waals surface area contributed by atoms with Gasteiger partial charge in [-0.2, -0.15) is 9.38 Å². The molecule has 1 atom stereocenters. The largest absolute Gasteiger partial charge is 0.373 e. The molecule has 0 radical (unpaired) electrons. The molecule has 1 saturated heterocycles. The number of imidazole rings is 1. The first-order valence-corrected chi connectivity index (χ1v) is 8.11. The van der Waals surface area contributed by atoms with Crippen LogP contribution >= 0.6 is 11.3 Å². The fourth-order valence-electron chi connectivity index (χ4n) is 3.16. The van der Waals surface area contributed by atoms with E-state index in [-0.39, 0.29) is 16.2 Å². The van der Waals surface area contributed by atoms with Gasteiger partial charge in [0.2, 0.25) is 5.82 Å². The zero-order chi connectivity index (χ0) is 15.2. The summed E-state index contributed by atoms with van der Waals surface area (Å²) in [6.45, 7) is 7.49. The Labute approximate surface area is 127 Å². The van der Waals surface area contributed by atoms with Crippen LogP contribution in [0.1, 0.15) is 40.0 Å². The lowest BCUT2D eigenvalue weighted by Crippen LogP contribution is -2.33. The van der Waals surface area contributed by atoms with Crippen molar-refractivity contribution in [3.63, 3.8) is 0 Å². The van der Waals surface area contributed by atoms with Crippen molar-refractivity contribution in [2.24, 2.45) is 5.41 Å². The summed E-state index contributed by atoms with van der Waals surface area (Å²) < 4.78 is 1.59. The van der Waals surface area contributed by atoms with Gasteiger partial charge < -0.3 is 15.0 Å². The van der Waals surface area contributed by atoms with Gasteiger partial charge >= 0.3 is 5.82 Å². The van der Waals surface area contributed by atoms with E-state index in [9.17, 15) is 10.1 Å².